The van der Waals surface area contributed by atoms with Gasteiger partial charge in [0.2, 0.25) is 0 Å². The maximum atomic E-state index is 6.25. The van der Waals surface area contributed by atoms with Gasteiger partial charge < -0.3 is 4.98 Å². The number of nitrogens with zero attached hydrogens (tertiary/aromatic N) is 3. The predicted molar refractivity (Wildman–Crippen MR) is 80.1 cm³/mol. The van der Waals surface area contributed by atoms with E-state index in [1.54, 1.807) is 18.0 Å². The van der Waals surface area contributed by atoms with Gasteiger partial charge in [-0.2, -0.15) is 0 Å². The molecule has 4 nitrogen and oxygen atoms in total. The summed E-state index contributed by atoms with van der Waals surface area (Å²) in [4.78, 5) is 15.9. The molecule has 100 valence electrons. The van der Waals surface area contributed by atoms with Crippen LogP contribution in [0.5, 0.6) is 0 Å². The van der Waals surface area contributed by atoms with Crippen LogP contribution in [0.4, 0.5) is 0 Å². The van der Waals surface area contributed by atoms with Crippen LogP contribution in [0.3, 0.4) is 0 Å². The number of benzene rings is 1. The van der Waals surface area contributed by atoms with Crippen LogP contribution in [0.2, 0.25) is 5.02 Å². The standard InChI is InChI=1S/C14H11ClN4S/c15-10-3-1-2-9-8(10)4-5-12(9)20-14-18-11-6-16-7-17-13(11)19-14/h1-3,6-7,12H,4-5H2,(H,16,17,18,19). The van der Waals surface area contributed by atoms with Gasteiger partial charge in [-0.1, -0.05) is 35.5 Å². The second kappa shape index (κ2) is 4.75. The molecule has 1 aliphatic carbocycles. The van der Waals surface area contributed by atoms with Gasteiger partial charge in [0, 0.05) is 10.3 Å². The van der Waals surface area contributed by atoms with Crippen LogP contribution in [-0.4, -0.2) is 19.9 Å². The Morgan fingerprint density at radius 3 is 3.20 bits per heavy atom. The van der Waals surface area contributed by atoms with Crippen molar-refractivity contribution in [3.63, 3.8) is 0 Å². The lowest BCUT2D eigenvalue weighted by molar-refractivity contribution is 0.883. The molecule has 0 radical (unpaired) electrons. The molecule has 3 aromatic rings. The number of H-pyrrole nitrogens is 1. The first-order chi connectivity index (χ1) is 9.81. The summed E-state index contributed by atoms with van der Waals surface area (Å²) in [7, 11) is 0. The number of rotatable bonds is 2. The molecule has 20 heavy (non-hydrogen) atoms. The molecule has 4 rings (SSSR count). The van der Waals surface area contributed by atoms with Crippen LogP contribution in [0.1, 0.15) is 22.8 Å². The van der Waals surface area contributed by atoms with Gasteiger partial charge in [-0.25, -0.2) is 15.0 Å². The Balaban J connectivity index is 1.66. The minimum atomic E-state index is 0.400. The molecular formula is C14H11ClN4S. The third kappa shape index (κ3) is 1.98. The Kier molecular flexibility index (Phi) is 2.89. The summed E-state index contributed by atoms with van der Waals surface area (Å²) in [5, 5.41) is 2.16. The van der Waals surface area contributed by atoms with E-state index in [2.05, 4.69) is 26.0 Å². The second-order valence-electron chi connectivity index (χ2n) is 4.75. The molecule has 0 bridgehead atoms. The van der Waals surface area contributed by atoms with Crippen LogP contribution < -0.4 is 0 Å². The summed E-state index contributed by atoms with van der Waals surface area (Å²) in [5.41, 5.74) is 4.20. The van der Waals surface area contributed by atoms with Crippen molar-refractivity contribution >= 4 is 34.5 Å². The van der Waals surface area contributed by atoms with E-state index < -0.39 is 0 Å². The summed E-state index contributed by atoms with van der Waals surface area (Å²) < 4.78 is 0. The van der Waals surface area contributed by atoms with Crippen LogP contribution in [0.15, 0.2) is 35.9 Å². The maximum absolute atomic E-state index is 6.25. The molecule has 1 aromatic carbocycles. The molecule has 1 atom stereocenters. The minimum Gasteiger partial charge on any atom is -0.330 e. The molecule has 0 spiro atoms. The zero-order valence-corrected chi connectivity index (χ0v) is 12.1. The van der Waals surface area contributed by atoms with Crippen molar-refractivity contribution in [3.8, 4) is 0 Å². The number of thioether (sulfide) groups is 1. The molecule has 0 saturated carbocycles. The fourth-order valence-electron chi connectivity index (χ4n) is 2.62. The lowest BCUT2D eigenvalue weighted by atomic mass is 10.1. The molecule has 2 aromatic heterocycles. The van der Waals surface area contributed by atoms with Gasteiger partial charge in [0.25, 0.3) is 0 Å². The summed E-state index contributed by atoms with van der Waals surface area (Å²) >= 11 is 7.99. The first kappa shape index (κ1) is 12.2. The van der Waals surface area contributed by atoms with Crippen LogP contribution in [0, 0.1) is 0 Å². The Labute approximate surface area is 125 Å². The first-order valence-corrected chi connectivity index (χ1v) is 7.67. The lowest BCUT2D eigenvalue weighted by Crippen LogP contribution is -1.89. The van der Waals surface area contributed by atoms with Crippen molar-refractivity contribution in [2.45, 2.75) is 23.2 Å². The number of hydrogen-bond acceptors (Lipinski definition) is 4. The van der Waals surface area contributed by atoms with Crippen molar-refractivity contribution in [2.24, 2.45) is 0 Å². The predicted octanol–water partition coefficient (Wildman–Crippen LogP) is 3.79. The van der Waals surface area contributed by atoms with E-state index in [1.165, 1.54) is 17.5 Å². The smallest absolute Gasteiger partial charge is 0.181 e. The Bertz CT molecular complexity index is 753. The van der Waals surface area contributed by atoms with Gasteiger partial charge in [-0.05, 0) is 30.0 Å². The van der Waals surface area contributed by atoms with E-state index in [-0.39, 0.29) is 0 Å². The molecule has 1 unspecified atom stereocenters. The van der Waals surface area contributed by atoms with E-state index in [0.29, 0.717) is 10.9 Å². The number of hydrogen-bond donors (Lipinski definition) is 1. The van der Waals surface area contributed by atoms with Crippen molar-refractivity contribution in [3.05, 3.63) is 46.9 Å². The minimum absolute atomic E-state index is 0.400. The molecular weight excluding hydrogens is 292 g/mol. The summed E-state index contributed by atoms with van der Waals surface area (Å²) in [6.45, 7) is 0. The van der Waals surface area contributed by atoms with Crippen LogP contribution in [-0.2, 0) is 6.42 Å². The normalized spacial score (nSPS) is 17.6. The summed E-state index contributed by atoms with van der Waals surface area (Å²) in [6.07, 6.45) is 5.39. The zero-order valence-electron chi connectivity index (χ0n) is 10.5. The second-order valence-corrected chi connectivity index (χ2v) is 6.35. The molecule has 0 fully saturated rings. The van der Waals surface area contributed by atoms with Gasteiger partial charge in [0.15, 0.2) is 10.8 Å². The highest BCUT2D eigenvalue weighted by Crippen LogP contribution is 2.45. The highest BCUT2D eigenvalue weighted by atomic mass is 35.5. The Hall–Kier alpha value is -1.59. The van der Waals surface area contributed by atoms with Crippen molar-refractivity contribution < 1.29 is 0 Å². The SMILES string of the molecule is Clc1cccc2c1CCC2Sc1nc2ncncc2[nH]1. The highest BCUT2D eigenvalue weighted by molar-refractivity contribution is 7.99. The van der Waals surface area contributed by atoms with E-state index in [4.69, 9.17) is 11.6 Å². The van der Waals surface area contributed by atoms with Gasteiger partial charge >= 0.3 is 0 Å². The number of halogens is 1. The Morgan fingerprint density at radius 2 is 2.30 bits per heavy atom. The molecule has 6 heteroatoms. The topological polar surface area (TPSA) is 54.5 Å². The largest absolute Gasteiger partial charge is 0.330 e. The van der Waals surface area contributed by atoms with Gasteiger partial charge in [0.1, 0.15) is 11.8 Å². The average Bonchev–Trinajstić information content (AvgIpc) is 3.04. The molecule has 0 saturated heterocycles. The Morgan fingerprint density at radius 1 is 1.35 bits per heavy atom. The van der Waals surface area contributed by atoms with E-state index >= 15 is 0 Å². The average molecular weight is 303 g/mol. The van der Waals surface area contributed by atoms with E-state index in [1.807, 2.05) is 12.1 Å². The van der Waals surface area contributed by atoms with Crippen molar-refractivity contribution in [1.29, 1.82) is 0 Å². The monoisotopic (exact) mass is 302 g/mol. The molecule has 1 N–H and O–H groups in total. The van der Waals surface area contributed by atoms with Crippen LogP contribution >= 0.6 is 23.4 Å². The molecule has 1 aliphatic rings. The third-order valence-corrected chi connectivity index (χ3v) is 5.10. The van der Waals surface area contributed by atoms with E-state index in [9.17, 15) is 0 Å². The fraction of sp³-hybridized carbons (Fsp3) is 0.214. The number of aromatic nitrogens is 4. The van der Waals surface area contributed by atoms with Crippen molar-refractivity contribution in [1.82, 2.24) is 19.9 Å². The highest BCUT2D eigenvalue weighted by Gasteiger charge is 2.26. The van der Waals surface area contributed by atoms with Gasteiger partial charge in [-0.15, -0.1) is 0 Å². The number of aromatic amines is 1. The number of nitrogens with one attached hydrogen (secondary N) is 1. The number of fused-ring (bicyclic) bond motifs is 2. The lowest BCUT2D eigenvalue weighted by Gasteiger charge is -2.09. The quantitative estimate of drug-likeness (QED) is 0.782. The summed E-state index contributed by atoms with van der Waals surface area (Å²) in [5.74, 6) is 0. The van der Waals surface area contributed by atoms with Crippen molar-refractivity contribution in [2.75, 3.05) is 0 Å². The molecule has 0 aliphatic heterocycles. The molecule has 0 amide bonds. The number of imidazole rings is 1. The van der Waals surface area contributed by atoms with E-state index in [0.717, 1.165) is 28.5 Å². The van der Waals surface area contributed by atoms with Gasteiger partial charge in [-0.3, -0.25) is 0 Å². The van der Waals surface area contributed by atoms with Crippen LogP contribution in [0.25, 0.3) is 11.2 Å². The maximum Gasteiger partial charge on any atom is 0.181 e. The fourth-order valence-corrected chi connectivity index (χ4v) is 4.06. The van der Waals surface area contributed by atoms with Gasteiger partial charge in [0.05, 0.1) is 6.20 Å². The third-order valence-electron chi connectivity index (χ3n) is 3.55. The summed E-state index contributed by atoms with van der Waals surface area (Å²) in [6, 6.07) is 6.14. The zero-order chi connectivity index (χ0) is 13.5. The molecule has 2 heterocycles. The first-order valence-electron chi connectivity index (χ1n) is 6.41.